The van der Waals surface area contributed by atoms with Gasteiger partial charge in [-0.1, -0.05) is 35.0 Å². The van der Waals surface area contributed by atoms with Crippen LogP contribution in [0.3, 0.4) is 0 Å². The van der Waals surface area contributed by atoms with E-state index in [1.54, 1.807) is 12.1 Å². The molecule has 1 fully saturated rings. The lowest BCUT2D eigenvalue weighted by molar-refractivity contribution is 0.446. The van der Waals surface area contributed by atoms with Gasteiger partial charge in [0.25, 0.3) is 5.56 Å². The molecule has 98 valence electrons. The second-order valence-corrected chi connectivity index (χ2v) is 6.10. The zero-order chi connectivity index (χ0) is 13.6. The summed E-state index contributed by atoms with van der Waals surface area (Å²) in [6.07, 6.45) is 1.98. The van der Waals surface area contributed by atoms with Gasteiger partial charge in [-0.05, 0) is 30.5 Å². The number of benzene rings is 1. The Balaban J connectivity index is 2.15. The predicted octanol–water partition coefficient (Wildman–Crippen LogP) is 2.96. The van der Waals surface area contributed by atoms with Gasteiger partial charge in [0, 0.05) is 9.89 Å². The first-order chi connectivity index (χ1) is 8.99. The van der Waals surface area contributed by atoms with Crippen LogP contribution in [0.1, 0.15) is 25.6 Å². The van der Waals surface area contributed by atoms with Crippen molar-refractivity contribution < 1.29 is 5.11 Å². The van der Waals surface area contributed by atoms with Crippen LogP contribution in [-0.4, -0.2) is 15.1 Å². The van der Waals surface area contributed by atoms with Crippen molar-refractivity contribution in [2.75, 3.05) is 0 Å². The summed E-state index contributed by atoms with van der Waals surface area (Å²) in [5.74, 6) is 0.374. The Morgan fingerprint density at radius 2 is 2.16 bits per heavy atom. The second-order valence-electron chi connectivity index (χ2n) is 5.18. The van der Waals surface area contributed by atoms with Gasteiger partial charge in [0.15, 0.2) is 0 Å². The van der Waals surface area contributed by atoms with Crippen LogP contribution in [-0.2, 0) is 5.41 Å². The van der Waals surface area contributed by atoms with Crippen molar-refractivity contribution in [1.82, 2.24) is 9.97 Å². The van der Waals surface area contributed by atoms with Gasteiger partial charge in [0.1, 0.15) is 11.4 Å². The molecule has 0 saturated heterocycles. The molecule has 1 heterocycles. The Morgan fingerprint density at radius 3 is 2.74 bits per heavy atom. The minimum atomic E-state index is -0.297. The summed E-state index contributed by atoms with van der Waals surface area (Å²) in [7, 11) is 0. The molecule has 1 aliphatic carbocycles. The minimum absolute atomic E-state index is 0.0769. The van der Waals surface area contributed by atoms with Crippen molar-refractivity contribution in [3.05, 3.63) is 44.9 Å². The molecule has 1 aliphatic rings. The van der Waals surface area contributed by atoms with E-state index in [2.05, 4.69) is 25.9 Å². The summed E-state index contributed by atoms with van der Waals surface area (Å²) in [6, 6.07) is 7.23. The molecule has 0 amide bonds. The van der Waals surface area contributed by atoms with E-state index in [-0.39, 0.29) is 22.4 Å². The molecule has 5 heteroatoms. The molecule has 19 heavy (non-hydrogen) atoms. The maximum Gasteiger partial charge on any atom is 0.262 e. The number of hydrogen-bond acceptors (Lipinski definition) is 3. The van der Waals surface area contributed by atoms with Crippen molar-refractivity contribution in [3.8, 4) is 17.0 Å². The van der Waals surface area contributed by atoms with Crippen LogP contribution in [0.2, 0.25) is 0 Å². The van der Waals surface area contributed by atoms with E-state index in [0.29, 0.717) is 11.4 Å². The van der Waals surface area contributed by atoms with Crippen molar-refractivity contribution in [2.45, 2.75) is 25.2 Å². The Kier molecular flexibility index (Phi) is 2.74. The fraction of sp³-hybridized carbons (Fsp3) is 0.286. The molecule has 0 bridgehead atoms. The molecule has 0 atom stereocenters. The summed E-state index contributed by atoms with van der Waals surface area (Å²) < 4.78 is 0.849. The molecule has 1 aromatic heterocycles. The van der Waals surface area contributed by atoms with E-state index in [1.807, 2.05) is 19.1 Å². The van der Waals surface area contributed by atoms with Crippen molar-refractivity contribution in [1.29, 1.82) is 0 Å². The molecule has 0 radical (unpaired) electrons. The summed E-state index contributed by atoms with van der Waals surface area (Å²) in [6.45, 7) is 2.03. The zero-order valence-electron chi connectivity index (χ0n) is 10.4. The number of hydrogen-bond donors (Lipinski definition) is 2. The highest BCUT2D eigenvalue weighted by molar-refractivity contribution is 9.10. The lowest BCUT2D eigenvalue weighted by atomic mass is 10.1. The van der Waals surface area contributed by atoms with Crippen molar-refractivity contribution in [2.24, 2.45) is 0 Å². The number of aromatic nitrogens is 2. The molecule has 1 aromatic carbocycles. The zero-order valence-corrected chi connectivity index (χ0v) is 12.0. The molecule has 0 spiro atoms. The summed E-state index contributed by atoms with van der Waals surface area (Å²) >= 11 is 3.35. The molecule has 2 N–H and O–H groups in total. The van der Waals surface area contributed by atoms with Crippen molar-refractivity contribution >= 4 is 15.9 Å². The summed E-state index contributed by atoms with van der Waals surface area (Å²) in [5.41, 5.74) is 0.489. The van der Waals surface area contributed by atoms with E-state index in [9.17, 15) is 9.90 Å². The van der Waals surface area contributed by atoms with Gasteiger partial charge in [-0.2, -0.15) is 4.98 Å². The molecule has 3 rings (SSSR count). The van der Waals surface area contributed by atoms with Gasteiger partial charge in [-0.25, -0.2) is 0 Å². The van der Waals surface area contributed by atoms with Gasteiger partial charge in [0.05, 0.1) is 0 Å². The van der Waals surface area contributed by atoms with E-state index in [0.717, 1.165) is 17.3 Å². The van der Waals surface area contributed by atoms with Crippen LogP contribution in [0.5, 0.6) is 5.88 Å². The minimum Gasteiger partial charge on any atom is -0.493 e. The average Bonchev–Trinajstić information content (AvgIpc) is 3.08. The number of nitrogens with zero attached hydrogens (tertiary/aromatic N) is 1. The largest absolute Gasteiger partial charge is 0.493 e. The SMILES string of the molecule is CC1(c2nc(O)c(-c3cccc(Br)c3)c(=O)[nH]2)CC1. The molecule has 0 aliphatic heterocycles. The van der Waals surface area contributed by atoms with E-state index in [1.165, 1.54) is 0 Å². The number of aromatic hydroxyl groups is 1. The maximum atomic E-state index is 12.2. The topological polar surface area (TPSA) is 66.0 Å². The molecule has 4 nitrogen and oxygen atoms in total. The quantitative estimate of drug-likeness (QED) is 0.894. The lowest BCUT2D eigenvalue weighted by Crippen LogP contribution is -2.18. The predicted molar refractivity (Wildman–Crippen MR) is 76.2 cm³/mol. The van der Waals surface area contributed by atoms with Crippen LogP contribution in [0.25, 0.3) is 11.1 Å². The Labute approximate surface area is 118 Å². The monoisotopic (exact) mass is 320 g/mol. The van der Waals surface area contributed by atoms with Gasteiger partial charge in [-0.15, -0.1) is 0 Å². The molecule has 0 unspecified atom stereocenters. The fourth-order valence-electron chi connectivity index (χ4n) is 2.08. The first kappa shape index (κ1) is 12.4. The van der Waals surface area contributed by atoms with Crippen LogP contribution < -0.4 is 5.56 Å². The van der Waals surface area contributed by atoms with Crippen molar-refractivity contribution in [3.63, 3.8) is 0 Å². The fourth-order valence-corrected chi connectivity index (χ4v) is 2.47. The Hall–Kier alpha value is -1.62. The standard InChI is InChI=1S/C14H13BrN2O2/c1-14(5-6-14)13-16-11(18)10(12(19)17-13)8-3-2-4-9(15)7-8/h2-4,7H,5-6H2,1H3,(H2,16,17,18,19). The summed E-state index contributed by atoms with van der Waals surface area (Å²) in [4.78, 5) is 19.1. The smallest absolute Gasteiger partial charge is 0.262 e. The normalized spacial score (nSPS) is 16.3. The van der Waals surface area contributed by atoms with Crippen LogP contribution in [0, 0.1) is 0 Å². The maximum absolute atomic E-state index is 12.2. The Morgan fingerprint density at radius 1 is 1.42 bits per heavy atom. The third kappa shape index (κ3) is 2.18. The van der Waals surface area contributed by atoms with Crippen LogP contribution in [0.4, 0.5) is 0 Å². The summed E-state index contributed by atoms with van der Waals surface area (Å²) in [5, 5.41) is 10.1. The first-order valence-corrected chi connectivity index (χ1v) is 6.89. The third-order valence-electron chi connectivity index (χ3n) is 3.59. The number of nitrogens with one attached hydrogen (secondary N) is 1. The number of H-pyrrole nitrogens is 1. The number of rotatable bonds is 2. The molecule has 2 aromatic rings. The van der Waals surface area contributed by atoms with E-state index < -0.39 is 0 Å². The number of aromatic amines is 1. The van der Waals surface area contributed by atoms with Crippen LogP contribution >= 0.6 is 15.9 Å². The van der Waals surface area contributed by atoms with Crippen LogP contribution in [0.15, 0.2) is 33.5 Å². The first-order valence-electron chi connectivity index (χ1n) is 6.09. The van der Waals surface area contributed by atoms with Gasteiger partial charge in [0.2, 0.25) is 5.88 Å². The average molecular weight is 321 g/mol. The third-order valence-corrected chi connectivity index (χ3v) is 4.08. The van der Waals surface area contributed by atoms with Gasteiger partial charge in [-0.3, -0.25) is 4.79 Å². The molecule has 1 saturated carbocycles. The van der Waals surface area contributed by atoms with E-state index >= 15 is 0 Å². The highest BCUT2D eigenvalue weighted by Gasteiger charge is 2.42. The van der Waals surface area contributed by atoms with Gasteiger partial charge >= 0.3 is 0 Å². The van der Waals surface area contributed by atoms with Gasteiger partial charge < -0.3 is 10.1 Å². The van der Waals surface area contributed by atoms with E-state index in [4.69, 9.17) is 0 Å². The second kappa shape index (κ2) is 4.20. The molecular weight excluding hydrogens is 308 g/mol. The highest BCUT2D eigenvalue weighted by atomic mass is 79.9. The number of halogens is 1. The lowest BCUT2D eigenvalue weighted by Gasteiger charge is -2.10. The Bertz CT molecular complexity index is 705. The highest BCUT2D eigenvalue weighted by Crippen LogP contribution is 2.46. The molecular formula is C14H13BrN2O2.